The second-order valence-corrected chi connectivity index (χ2v) is 13.6. The number of anilines is 1. The molecule has 4 bridgehead atoms. The minimum atomic E-state index is -1.04. The Balaban J connectivity index is 1.43. The molecule has 2 aromatic heterocycles. The van der Waals surface area contributed by atoms with Gasteiger partial charge in [0.2, 0.25) is 23.6 Å². The van der Waals surface area contributed by atoms with Crippen LogP contribution in [0.4, 0.5) is 5.69 Å². The van der Waals surface area contributed by atoms with Crippen molar-refractivity contribution in [3.8, 4) is 22.6 Å². The summed E-state index contributed by atoms with van der Waals surface area (Å²) in [5.74, 6) is -2.29. The molecule has 2 atom stereocenters. The van der Waals surface area contributed by atoms with Crippen molar-refractivity contribution in [1.29, 1.82) is 0 Å². The molecule has 4 aromatic rings. The normalized spacial score (nSPS) is 14.9. The molecule has 8 N–H and O–H groups in total. The van der Waals surface area contributed by atoms with Crippen molar-refractivity contribution in [2.75, 3.05) is 18.4 Å². The molecule has 1 aliphatic heterocycles. The molecule has 0 aliphatic carbocycles. The fourth-order valence-corrected chi connectivity index (χ4v) is 6.47. The summed E-state index contributed by atoms with van der Waals surface area (Å²) in [5.41, 5.74) is 18.2. The number of fused-ring (bicyclic) bond motifs is 5. The maximum absolute atomic E-state index is 14.0. The van der Waals surface area contributed by atoms with Crippen LogP contribution >= 0.6 is 0 Å². The highest BCUT2D eigenvalue weighted by molar-refractivity contribution is 6.04. The standard InChI is InChI=1S/C40H47N9O5/c1-5-6-8-25-11-12-30(43-20-25)38-45-23(3)35(24(4)46-38)40(54)48-31(13-14-41)39(53)49-36-22(2)15-27-17-29(36)28-10-7-9-26(16-28)19-33(50)44-21-34(51)47-32(18-27)37(42)52/h7,9-12,15-17,20,31-32H,5-6,8,13-14,18-19,21,41H2,1-4H3,(H2,42,52)(H,44,50)(H,47,51)(H,48,54)(H,49,53)/t31-,32?/m0/s1. The van der Waals surface area contributed by atoms with Crippen LogP contribution in [0.5, 0.6) is 0 Å². The number of pyridine rings is 1. The van der Waals surface area contributed by atoms with Gasteiger partial charge in [0.15, 0.2) is 5.82 Å². The number of nitrogens with two attached hydrogens (primary N) is 2. The van der Waals surface area contributed by atoms with E-state index in [0.717, 1.165) is 24.8 Å². The third kappa shape index (κ3) is 9.69. The molecule has 0 fully saturated rings. The van der Waals surface area contributed by atoms with Crippen LogP contribution in [-0.2, 0) is 38.4 Å². The van der Waals surface area contributed by atoms with Crippen LogP contribution in [0.1, 0.15) is 70.2 Å². The molecule has 54 heavy (non-hydrogen) atoms. The lowest BCUT2D eigenvalue weighted by atomic mass is 9.93. The fraction of sp³-hybridized carbons (Fsp3) is 0.350. The smallest absolute Gasteiger partial charge is 0.255 e. The number of benzene rings is 2. The van der Waals surface area contributed by atoms with Gasteiger partial charge in [0.05, 0.1) is 35.6 Å². The summed E-state index contributed by atoms with van der Waals surface area (Å²) >= 11 is 0. The van der Waals surface area contributed by atoms with E-state index in [1.54, 1.807) is 39.0 Å². The number of primary amides is 1. The van der Waals surface area contributed by atoms with E-state index < -0.39 is 35.7 Å². The molecule has 14 nitrogen and oxygen atoms in total. The molecule has 5 amide bonds. The molecule has 0 radical (unpaired) electrons. The molecule has 14 heteroatoms. The van der Waals surface area contributed by atoms with Gasteiger partial charge in [0.25, 0.3) is 5.91 Å². The zero-order valence-electron chi connectivity index (χ0n) is 31.0. The first-order valence-electron chi connectivity index (χ1n) is 18.1. The van der Waals surface area contributed by atoms with Crippen LogP contribution in [0.3, 0.4) is 0 Å². The summed E-state index contributed by atoms with van der Waals surface area (Å²) in [5, 5.41) is 11.0. The number of amides is 5. The van der Waals surface area contributed by atoms with E-state index in [1.165, 1.54) is 0 Å². The molecule has 1 unspecified atom stereocenters. The summed E-state index contributed by atoms with van der Waals surface area (Å²) in [6, 6.07) is 12.7. The summed E-state index contributed by atoms with van der Waals surface area (Å²) in [6.07, 6.45) is 5.14. The van der Waals surface area contributed by atoms with Gasteiger partial charge in [0.1, 0.15) is 17.8 Å². The van der Waals surface area contributed by atoms with Gasteiger partial charge in [-0.2, -0.15) is 0 Å². The molecule has 1 aliphatic rings. The number of hydrogen-bond acceptors (Lipinski definition) is 9. The number of rotatable bonds is 11. The molecule has 3 heterocycles. The van der Waals surface area contributed by atoms with Crippen LogP contribution in [0, 0.1) is 20.8 Å². The Hall–Kier alpha value is -6.02. The highest BCUT2D eigenvalue weighted by Gasteiger charge is 2.27. The molecular weight excluding hydrogens is 686 g/mol. The molecule has 0 saturated carbocycles. The number of unbranched alkanes of at least 4 members (excludes halogenated alkanes) is 1. The Labute approximate surface area is 314 Å². The van der Waals surface area contributed by atoms with Crippen molar-refractivity contribution in [3.05, 3.63) is 93.9 Å². The number of aryl methyl sites for hydroxylation is 4. The highest BCUT2D eigenvalue weighted by Crippen LogP contribution is 2.34. The topological polar surface area (TPSA) is 224 Å². The number of nitrogens with zero attached hydrogens (tertiary/aromatic N) is 3. The molecule has 0 saturated heterocycles. The Morgan fingerprint density at radius 3 is 2.41 bits per heavy atom. The van der Waals surface area contributed by atoms with E-state index >= 15 is 0 Å². The zero-order chi connectivity index (χ0) is 38.9. The van der Waals surface area contributed by atoms with E-state index in [1.807, 2.05) is 36.5 Å². The molecular formula is C40H47N9O5. The minimum absolute atomic E-state index is 0.00327. The van der Waals surface area contributed by atoms with Crippen LogP contribution in [0.25, 0.3) is 22.6 Å². The maximum atomic E-state index is 14.0. The number of carbonyl (C=O) groups is 5. The second kappa shape index (κ2) is 17.7. The van der Waals surface area contributed by atoms with Crippen molar-refractivity contribution >= 4 is 35.2 Å². The summed E-state index contributed by atoms with van der Waals surface area (Å²) in [4.78, 5) is 79.0. The van der Waals surface area contributed by atoms with E-state index in [2.05, 4.69) is 43.1 Å². The van der Waals surface area contributed by atoms with Crippen LogP contribution in [0.15, 0.2) is 54.7 Å². The quantitative estimate of drug-likeness (QED) is 0.133. The van der Waals surface area contributed by atoms with E-state index in [9.17, 15) is 24.0 Å². The maximum Gasteiger partial charge on any atom is 0.255 e. The molecule has 282 valence electrons. The van der Waals surface area contributed by atoms with Gasteiger partial charge in [-0.15, -0.1) is 0 Å². The van der Waals surface area contributed by atoms with Gasteiger partial charge in [-0.1, -0.05) is 49.7 Å². The number of aromatic nitrogens is 3. The van der Waals surface area contributed by atoms with Crippen molar-refractivity contribution in [2.24, 2.45) is 11.5 Å². The third-order valence-electron chi connectivity index (χ3n) is 9.26. The number of carbonyl (C=O) groups excluding carboxylic acids is 5. The van der Waals surface area contributed by atoms with Crippen LogP contribution < -0.4 is 32.7 Å². The van der Waals surface area contributed by atoms with Gasteiger partial charge >= 0.3 is 0 Å². The first-order valence-corrected chi connectivity index (χ1v) is 18.1. The second-order valence-electron chi connectivity index (χ2n) is 13.6. The Bertz CT molecular complexity index is 2040. The lowest BCUT2D eigenvalue weighted by Gasteiger charge is -2.23. The number of hydrogen-bond donors (Lipinski definition) is 6. The monoisotopic (exact) mass is 733 g/mol. The van der Waals surface area contributed by atoms with E-state index in [0.29, 0.717) is 56.4 Å². The Kier molecular flexibility index (Phi) is 12.8. The van der Waals surface area contributed by atoms with Gasteiger partial charge in [-0.25, -0.2) is 9.97 Å². The first kappa shape index (κ1) is 39.2. The van der Waals surface area contributed by atoms with Gasteiger partial charge in [0, 0.05) is 18.2 Å². The van der Waals surface area contributed by atoms with Crippen molar-refractivity contribution in [3.63, 3.8) is 0 Å². The fourth-order valence-electron chi connectivity index (χ4n) is 6.47. The molecule has 0 spiro atoms. The van der Waals surface area contributed by atoms with Gasteiger partial charge in [-0.3, -0.25) is 29.0 Å². The SMILES string of the molecule is CCCCc1ccc(-c2nc(C)c(C(=O)N[C@@H](CCN)C(=O)Nc3c(C)cc4cc3-c3cccc(c3)CC(=O)NCC(=O)NC(C(N)=O)C4)c(C)n2)nc1. The summed E-state index contributed by atoms with van der Waals surface area (Å²) < 4.78 is 0. The van der Waals surface area contributed by atoms with Crippen LogP contribution in [0.2, 0.25) is 0 Å². The average molecular weight is 734 g/mol. The average Bonchev–Trinajstić information content (AvgIpc) is 3.13. The first-order chi connectivity index (χ1) is 25.9. The van der Waals surface area contributed by atoms with Gasteiger partial charge < -0.3 is 32.7 Å². The summed E-state index contributed by atoms with van der Waals surface area (Å²) in [7, 11) is 0. The minimum Gasteiger partial charge on any atom is -0.368 e. The van der Waals surface area contributed by atoms with Gasteiger partial charge in [-0.05, 0) is 86.5 Å². The predicted octanol–water partition coefficient (Wildman–Crippen LogP) is 2.74. The Morgan fingerprint density at radius 2 is 1.74 bits per heavy atom. The lowest BCUT2D eigenvalue weighted by molar-refractivity contribution is -0.128. The Morgan fingerprint density at radius 1 is 0.981 bits per heavy atom. The summed E-state index contributed by atoms with van der Waals surface area (Å²) in [6.45, 7) is 7.18. The zero-order valence-corrected chi connectivity index (χ0v) is 31.0. The highest BCUT2D eigenvalue weighted by atomic mass is 16.2. The predicted molar refractivity (Wildman–Crippen MR) is 205 cm³/mol. The van der Waals surface area contributed by atoms with Crippen molar-refractivity contribution in [1.82, 2.24) is 30.9 Å². The number of nitrogens with one attached hydrogen (secondary N) is 4. The van der Waals surface area contributed by atoms with Crippen molar-refractivity contribution < 1.29 is 24.0 Å². The molecule has 5 rings (SSSR count). The third-order valence-corrected chi connectivity index (χ3v) is 9.26. The van der Waals surface area contributed by atoms with E-state index in [-0.39, 0.29) is 43.8 Å². The van der Waals surface area contributed by atoms with Crippen LogP contribution in [-0.4, -0.2) is 69.7 Å². The van der Waals surface area contributed by atoms with E-state index in [4.69, 9.17) is 11.5 Å². The lowest BCUT2D eigenvalue weighted by Crippen LogP contribution is -2.49. The molecule has 2 aromatic carbocycles. The largest absolute Gasteiger partial charge is 0.368 e. The van der Waals surface area contributed by atoms with Crippen molar-refractivity contribution in [2.45, 2.75) is 78.3 Å².